The predicted molar refractivity (Wildman–Crippen MR) is 120 cm³/mol. The number of thioether (sulfide) groups is 1. The topological polar surface area (TPSA) is 85.6 Å². The number of halogens is 2. The van der Waals surface area contributed by atoms with Crippen molar-refractivity contribution in [2.24, 2.45) is 0 Å². The monoisotopic (exact) mass is 468 g/mol. The summed E-state index contributed by atoms with van der Waals surface area (Å²) in [6.45, 7) is 2.14. The number of amides is 1. The van der Waals surface area contributed by atoms with E-state index in [4.69, 9.17) is 11.6 Å². The molecule has 0 saturated carbocycles. The number of carbonyl (C=O) groups is 1. The Kier molecular flexibility index (Phi) is 6.77. The van der Waals surface area contributed by atoms with Crippen molar-refractivity contribution in [3.8, 4) is 5.69 Å². The normalized spacial score (nSPS) is 10.8. The number of nitrogens with one attached hydrogen (secondary N) is 1. The highest BCUT2D eigenvalue weighted by Gasteiger charge is 2.21. The van der Waals surface area contributed by atoms with Crippen LogP contribution < -0.4 is 5.32 Å². The molecule has 0 radical (unpaired) electrons. The first-order chi connectivity index (χ1) is 15.5. The molecule has 0 spiro atoms. The van der Waals surface area contributed by atoms with Gasteiger partial charge in [-0.25, -0.2) is 19.0 Å². The third kappa shape index (κ3) is 5.12. The average Bonchev–Trinajstić information content (AvgIpc) is 3.23. The van der Waals surface area contributed by atoms with E-state index in [1.54, 1.807) is 41.3 Å². The highest BCUT2D eigenvalue weighted by molar-refractivity contribution is 7.98. The molecule has 32 heavy (non-hydrogen) atoms. The molecule has 0 fully saturated rings. The largest absolute Gasteiger partial charge is 0.347 e. The summed E-state index contributed by atoms with van der Waals surface area (Å²) in [5, 5.41) is 12.3. The summed E-state index contributed by atoms with van der Waals surface area (Å²) in [7, 11) is 0. The Morgan fingerprint density at radius 1 is 1.16 bits per heavy atom. The molecule has 4 aromatic rings. The second kappa shape index (κ2) is 9.88. The summed E-state index contributed by atoms with van der Waals surface area (Å²) in [6.07, 6.45) is 3.31. The molecule has 2 heterocycles. The first-order valence-electron chi connectivity index (χ1n) is 9.65. The van der Waals surface area contributed by atoms with Gasteiger partial charge in [0.05, 0.1) is 11.4 Å². The van der Waals surface area contributed by atoms with Crippen molar-refractivity contribution in [3.05, 3.63) is 94.3 Å². The summed E-state index contributed by atoms with van der Waals surface area (Å²) in [5.74, 6) is -0.354. The maximum atomic E-state index is 13.1. The summed E-state index contributed by atoms with van der Waals surface area (Å²) >= 11 is 7.66. The summed E-state index contributed by atoms with van der Waals surface area (Å²) in [5.41, 5.74) is 3.16. The minimum absolute atomic E-state index is 0.187. The van der Waals surface area contributed by atoms with Gasteiger partial charge in [-0.2, -0.15) is 0 Å². The minimum atomic E-state index is -0.386. The van der Waals surface area contributed by atoms with Crippen LogP contribution in [0.3, 0.4) is 0 Å². The Balaban J connectivity index is 1.61. The fourth-order valence-electron chi connectivity index (χ4n) is 2.89. The number of aryl methyl sites for hydroxylation is 1. The van der Waals surface area contributed by atoms with E-state index in [2.05, 4.69) is 25.6 Å². The van der Waals surface area contributed by atoms with Gasteiger partial charge in [-0.1, -0.05) is 46.8 Å². The SMILES string of the molecule is Cc1ccc(-n2nnc(C(=O)NCc3ccc(F)cc3)c2CSc2ncccn2)cc1Cl. The molecule has 0 unspecified atom stereocenters. The van der Waals surface area contributed by atoms with Crippen molar-refractivity contribution in [2.45, 2.75) is 24.4 Å². The second-order valence-electron chi connectivity index (χ2n) is 6.86. The number of hydrogen-bond acceptors (Lipinski definition) is 6. The molecule has 0 bridgehead atoms. The Morgan fingerprint density at radius 3 is 2.62 bits per heavy atom. The van der Waals surface area contributed by atoms with Gasteiger partial charge in [-0.3, -0.25) is 4.79 Å². The number of carbonyl (C=O) groups excluding carboxylic acids is 1. The van der Waals surface area contributed by atoms with Gasteiger partial charge in [0.2, 0.25) is 0 Å². The van der Waals surface area contributed by atoms with E-state index in [0.29, 0.717) is 27.3 Å². The van der Waals surface area contributed by atoms with Gasteiger partial charge < -0.3 is 5.32 Å². The number of rotatable bonds is 7. The van der Waals surface area contributed by atoms with E-state index in [1.165, 1.54) is 23.9 Å². The Hall–Kier alpha value is -3.30. The molecule has 2 aromatic heterocycles. The Labute approximate surface area is 193 Å². The molecule has 0 saturated heterocycles. The fraction of sp³-hybridized carbons (Fsp3) is 0.136. The van der Waals surface area contributed by atoms with E-state index in [1.807, 2.05) is 19.1 Å². The maximum Gasteiger partial charge on any atom is 0.274 e. The van der Waals surface area contributed by atoms with Gasteiger partial charge in [0.1, 0.15) is 5.82 Å². The predicted octanol–water partition coefficient (Wildman–Crippen LogP) is 4.38. The van der Waals surface area contributed by atoms with E-state index < -0.39 is 0 Å². The number of nitrogens with zero attached hydrogens (tertiary/aromatic N) is 5. The summed E-state index contributed by atoms with van der Waals surface area (Å²) < 4.78 is 14.7. The standard InChI is InChI=1S/C22H18ClFN6OS/c1-14-3-8-17(11-18(14)23)30-19(13-32-22-25-9-2-10-26-22)20(28-29-30)21(31)27-12-15-4-6-16(24)7-5-15/h2-11H,12-13H2,1H3,(H,27,31). The minimum Gasteiger partial charge on any atom is -0.347 e. The Morgan fingerprint density at radius 2 is 1.91 bits per heavy atom. The molecule has 0 aliphatic carbocycles. The smallest absolute Gasteiger partial charge is 0.274 e. The number of aromatic nitrogens is 5. The highest BCUT2D eigenvalue weighted by atomic mass is 35.5. The lowest BCUT2D eigenvalue weighted by Crippen LogP contribution is -2.24. The van der Waals surface area contributed by atoms with Crippen molar-refractivity contribution in [3.63, 3.8) is 0 Å². The molecule has 1 amide bonds. The molecule has 162 valence electrons. The van der Waals surface area contributed by atoms with Crippen LogP contribution in [0.15, 0.2) is 66.1 Å². The lowest BCUT2D eigenvalue weighted by Gasteiger charge is -2.09. The lowest BCUT2D eigenvalue weighted by atomic mass is 10.2. The highest BCUT2D eigenvalue weighted by Crippen LogP contribution is 2.25. The molecular weight excluding hydrogens is 451 g/mol. The average molecular weight is 469 g/mol. The van der Waals surface area contributed by atoms with Crippen LogP contribution in [-0.2, 0) is 12.3 Å². The van der Waals surface area contributed by atoms with Crippen LogP contribution in [0, 0.1) is 12.7 Å². The van der Waals surface area contributed by atoms with E-state index in [9.17, 15) is 9.18 Å². The molecule has 2 aromatic carbocycles. The van der Waals surface area contributed by atoms with Crippen LogP contribution in [0.4, 0.5) is 4.39 Å². The van der Waals surface area contributed by atoms with E-state index in [-0.39, 0.29) is 24.0 Å². The van der Waals surface area contributed by atoms with Crippen LogP contribution in [0.1, 0.15) is 27.3 Å². The number of benzene rings is 2. The lowest BCUT2D eigenvalue weighted by molar-refractivity contribution is 0.0945. The number of hydrogen-bond donors (Lipinski definition) is 1. The third-order valence-electron chi connectivity index (χ3n) is 4.62. The maximum absolute atomic E-state index is 13.1. The summed E-state index contributed by atoms with van der Waals surface area (Å²) in [6, 6.07) is 13.2. The van der Waals surface area contributed by atoms with Crippen LogP contribution in [0.2, 0.25) is 5.02 Å². The van der Waals surface area contributed by atoms with Crippen molar-refractivity contribution >= 4 is 29.3 Å². The van der Waals surface area contributed by atoms with Gasteiger partial charge in [-0.05, 0) is 48.4 Å². The van der Waals surface area contributed by atoms with Crippen LogP contribution in [0.25, 0.3) is 5.69 Å². The molecule has 0 atom stereocenters. The van der Waals surface area contributed by atoms with Gasteiger partial charge in [0.25, 0.3) is 5.91 Å². The molecular formula is C22H18ClFN6OS. The molecule has 0 aliphatic heterocycles. The van der Waals surface area contributed by atoms with Crippen molar-refractivity contribution in [1.82, 2.24) is 30.3 Å². The Bertz CT molecular complexity index is 1230. The molecule has 7 nitrogen and oxygen atoms in total. The zero-order valence-corrected chi connectivity index (χ0v) is 18.6. The van der Waals surface area contributed by atoms with E-state index in [0.717, 1.165) is 11.1 Å². The van der Waals surface area contributed by atoms with Gasteiger partial charge in [0.15, 0.2) is 10.9 Å². The van der Waals surface area contributed by atoms with Crippen molar-refractivity contribution < 1.29 is 9.18 Å². The molecule has 4 rings (SSSR count). The molecule has 10 heteroatoms. The van der Waals surface area contributed by atoms with Crippen molar-refractivity contribution in [1.29, 1.82) is 0 Å². The van der Waals surface area contributed by atoms with Crippen LogP contribution >= 0.6 is 23.4 Å². The first kappa shape index (κ1) is 21.9. The summed E-state index contributed by atoms with van der Waals surface area (Å²) in [4.78, 5) is 21.3. The van der Waals surface area contributed by atoms with E-state index >= 15 is 0 Å². The molecule has 1 N–H and O–H groups in total. The van der Waals surface area contributed by atoms with Crippen LogP contribution in [0.5, 0.6) is 0 Å². The zero-order valence-electron chi connectivity index (χ0n) is 17.0. The quantitative estimate of drug-likeness (QED) is 0.320. The first-order valence-corrected chi connectivity index (χ1v) is 11.0. The zero-order chi connectivity index (χ0) is 22.5. The second-order valence-corrected chi connectivity index (χ2v) is 8.21. The fourth-order valence-corrected chi connectivity index (χ4v) is 3.86. The molecule has 0 aliphatic rings. The van der Waals surface area contributed by atoms with Gasteiger partial charge in [0, 0.05) is 29.7 Å². The van der Waals surface area contributed by atoms with Crippen LogP contribution in [-0.4, -0.2) is 30.9 Å². The third-order valence-corrected chi connectivity index (χ3v) is 5.92. The van der Waals surface area contributed by atoms with Gasteiger partial charge in [-0.15, -0.1) is 5.10 Å². The van der Waals surface area contributed by atoms with Gasteiger partial charge >= 0.3 is 0 Å². The van der Waals surface area contributed by atoms with Crippen molar-refractivity contribution in [2.75, 3.05) is 0 Å².